The molecule has 0 saturated heterocycles. The standard InChI is InChI=1S/C19H24O2/c1-3-5-7-12-17-15(4-2)13-14-18(20)19(17)21-16-10-8-6-9-11-16/h6,8-11,13-14,20H,3-5,7,12H2,1-2H3. The van der Waals surface area contributed by atoms with Crippen LogP contribution in [0.4, 0.5) is 0 Å². The van der Waals surface area contributed by atoms with Crippen LogP contribution in [0, 0.1) is 0 Å². The van der Waals surface area contributed by atoms with Crippen LogP contribution in [0.5, 0.6) is 17.2 Å². The van der Waals surface area contributed by atoms with Gasteiger partial charge < -0.3 is 9.84 Å². The number of hydrogen-bond acceptors (Lipinski definition) is 2. The van der Waals surface area contributed by atoms with Gasteiger partial charge >= 0.3 is 0 Å². The number of hydrogen-bond donors (Lipinski definition) is 1. The van der Waals surface area contributed by atoms with Gasteiger partial charge in [-0.1, -0.05) is 51.0 Å². The maximum atomic E-state index is 10.2. The van der Waals surface area contributed by atoms with Crippen LogP contribution in [0.2, 0.25) is 0 Å². The molecule has 2 aromatic carbocycles. The van der Waals surface area contributed by atoms with E-state index >= 15 is 0 Å². The van der Waals surface area contributed by atoms with E-state index in [0.717, 1.165) is 30.6 Å². The minimum atomic E-state index is 0.225. The number of aromatic hydroxyl groups is 1. The van der Waals surface area contributed by atoms with E-state index < -0.39 is 0 Å². The van der Waals surface area contributed by atoms with Crippen molar-refractivity contribution in [2.75, 3.05) is 0 Å². The molecule has 0 fully saturated rings. The highest BCUT2D eigenvalue weighted by Crippen LogP contribution is 2.37. The number of para-hydroxylation sites is 1. The van der Waals surface area contributed by atoms with Gasteiger partial charge in [0.15, 0.2) is 11.5 Å². The summed E-state index contributed by atoms with van der Waals surface area (Å²) in [5.74, 6) is 1.61. The summed E-state index contributed by atoms with van der Waals surface area (Å²) in [4.78, 5) is 0. The highest BCUT2D eigenvalue weighted by molar-refractivity contribution is 5.52. The van der Waals surface area contributed by atoms with Crippen molar-refractivity contribution in [2.24, 2.45) is 0 Å². The van der Waals surface area contributed by atoms with Crippen molar-refractivity contribution in [3.63, 3.8) is 0 Å². The van der Waals surface area contributed by atoms with Gasteiger partial charge in [0.05, 0.1) is 0 Å². The maximum Gasteiger partial charge on any atom is 0.172 e. The fraction of sp³-hybridized carbons (Fsp3) is 0.368. The topological polar surface area (TPSA) is 29.5 Å². The van der Waals surface area contributed by atoms with E-state index in [1.165, 1.54) is 18.4 Å². The van der Waals surface area contributed by atoms with E-state index in [2.05, 4.69) is 13.8 Å². The minimum Gasteiger partial charge on any atom is -0.504 e. The molecule has 0 aliphatic heterocycles. The van der Waals surface area contributed by atoms with Crippen LogP contribution < -0.4 is 4.74 Å². The Balaban J connectivity index is 2.32. The third-order valence-electron chi connectivity index (χ3n) is 3.71. The second kappa shape index (κ2) is 7.72. The molecule has 1 N–H and O–H groups in total. The van der Waals surface area contributed by atoms with Crippen molar-refractivity contribution in [3.05, 3.63) is 53.6 Å². The van der Waals surface area contributed by atoms with E-state index in [0.29, 0.717) is 5.75 Å². The molecule has 2 nitrogen and oxygen atoms in total. The van der Waals surface area contributed by atoms with Crippen molar-refractivity contribution in [3.8, 4) is 17.2 Å². The van der Waals surface area contributed by atoms with Gasteiger partial charge in [0, 0.05) is 5.56 Å². The second-order valence-corrected chi connectivity index (χ2v) is 5.28. The molecule has 21 heavy (non-hydrogen) atoms. The minimum absolute atomic E-state index is 0.225. The number of phenols is 1. The average molecular weight is 284 g/mol. The number of benzene rings is 2. The van der Waals surface area contributed by atoms with Crippen LogP contribution in [0.15, 0.2) is 42.5 Å². The fourth-order valence-corrected chi connectivity index (χ4v) is 2.53. The predicted octanol–water partition coefficient (Wildman–Crippen LogP) is 5.48. The summed E-state index contributed by atoms with van der Waals surface area (Å²) in [5, 5.41) is 10.2. The van der Waals surface area contributed by atoms with Crippen LogP contribution in [0.1, 0.15) is 44.2 Å². The Morgan fingerprint density at radius 3 is 2.38 bits per heavy atom. The van der Waals surface area contributed by atoms with Gasteiger partial charge in [-0.15, -0.1) is 0 Å². The summed E-state index contributed by atoms with van der Waals surface area (Å²) in [5.41, 5.74) is 2.41. The lowest BCUT2D eigenvalue weighted by Crippen LogP contribution is -1.98. The summed E-state index contributed by atoms with van der Waals surface area (Å²) in [6, 6.07) is 13.4. The number of ether oxygens (including phenoxy) is 1. The van der Waals surface area contributed by atoms with E-state index in [1.807, 2.05) is 36.4 Å². The molecule has 0 saturated carbocycles. The lowest BCUT2D eigenvalue weighted by molar-refractivity contribution is 0.406. The van der Waals surface area contributed by atoms with Crippen molar-refractivity contribution >= 4 is 0 Å². The Morgan fingerprint density at radius 2 is 1.71 bits per heavy atom. The number of unbranched alkanes of at least 4 members (excludes halogenated alkanes) is 2. The molecular formula is C19H24O2. The summed E-state index contributed by atoms with van der Waals surface area (Å²) in [6.45, 7) is 4.34. The maximum absolute atomic E-state index is 10.2. The van der Waals surface area contributed by atoms with Crippen LogP contribution in [-0.4, -0.2) is 5.11 Å². The zero-order valence-electron chi connectivity index (χ0n) is 12.9. The molecule has 0 spiro atoms. The van der Waals surface area contributed by atoms with E-state index in [1.54, 1.807) is 6.07 Å². The van der Waals surface area contributed by atoms with Crippen molar-refractivity contribution in [1.82, 2.24) is 0 Å². The Bertz CT molecular complexity index is 561. The van der Waals surface area contributed by atoms with Gasteiger partial charge in [-0.2, -0.15) is 0 Å². The first-order valence-electron chi connectivity index (χ1n) is 7.82. The molecule has 0 atom stereocenters. The summed E-state index contributed by atoms with van der Waals surface area (Å²) < 4.78 is 5.96. The van der Waals surface area contributed by atoms with Gasteiger partial charge in [0.25, 0.3) is 0 Å². The third kappa shape index (κ3) is 4.01. The van der Waals surface area contributed by atoms with Gasteiger partial charge in [-0.25, -0.2) is 0 Å². The van der Waals surface area contributed by atoms with E-state index in [9.17, 15) is 5.11 Å². The normalized spacial score (nSPS) is 10.6. The monoisotopic (exact) mass is 284 g/mol. The molecule has 0 amide bonds. The molecule has 0 aromatic heterocycles. The first-order valence-corrected chi connectivity index (χ1v) is 7.82. The zero-order valence-corrected chi connectivity index (χ0v) is 12.9. The average Bonchev–Trinajstić information content (AvgIpc) is 2.52. The molecule has 0 unspecified atom stereocenters. The fourth-order valence-electron chi connectivity index (χ4n) is 2.53. The summed E-state index contributed by atoms with van der Waals surface area (Å²) >= 11 is 0. The first kappa shape index (κ1) is 15.4. The highest BCUT2D eigenvalue weighted by atomic mass is 16.5. The molecule has 0 aliphatic rings. The SMILES string of the molecule is CCCCCc1c(CC)ccc(O)c1Oc1ccccc1. The summed E-state index contributed by atoms with van der Waals surface area (Å²) in [6.07, 6.45) is 5.41. The largest absolute Gasteiger partial charge is 0.504 e. The Morgan fingerprint density at radius 1 is 0.952 bits per heavy atom. The molecule has 0 bridgehead atoms. The number of phenolic OH excluding ortho intramolecular Hbond substituents is 1. The van der Waals surface area contributed by atoms with Crippen molar-refractivity contribution in [2.45, 2.75) is 46.0 Å². The number of rotatable bonds is 7. The summed E-state index contributed by atoms with van der Waals surface area (Å²) in [7, 11) is 0. The van der Waals surface area contributed by atoms with Crippen LogP contribution in [-0.2, 0) is 12.8 Å². The molecular weight excluding hydrogens is 260 g/mol. The molecule has 2 rings (SSSR count). The molecule has 2 heteroatoms. The zero-order chi connectivity index (χ0) is 15.1. The highest BCUT2D eigenvalue weighted by Gasteiger charge is 2.14. The quantitative estimate of drug-likeness (QED) is 0.682. The van der Waals surface area contributed by atoms with Crippen molar-refractivity contribution in [1.29, 1.82) is 0 Å². The second-order valence-electron chi connectivity index (χ2n) is 5.28. The van der Waals surface area contributed by atoms with E-state index in [-0.39, 0.29) is 5.75 Å². The Hall–Kier alpha value is -1.96. The smallest absolute Gasteiger partial charge is 0.172 e. The van der Waals surface area contributed by atoms with Gasteiger partial charge in [0.1, 0.15) is 5.75 Å². The van der Waals surface area contributed by atoms with Crippen molar-refractivity contribution < 1.29 is 9.84 Å². The van der Waals surface area contributed by atoms with Crippen LogP contribution in [0.25, 0.3) is 0 Å². The Labute approximate surface area is 127 Å². The molecule has 112 valence electrons. The number of aryl methyl sites for hydroxylation is 1. The molecule has 0 heterocycles. The van der Waals surface area contributed by atoms with Gasteiger partial charge in [-0.3, -0.25) is 0 Å². The lowest BCUT2D eigenvalue weighted by Gasteiger charge is -2.16. The van der Waals surface area contributed by atoms with Gasteiger partial charge in [0.2, 0.25) is 0 Å². The first-order chi connectivity index (χ1) is 10.3. The molecule has 2 aromatic rings. The Kier molecular flexibility index (Phi) is 5.68. The molecule has 0 aliphatic carbocycles. The lowest BCUT2D eigenvalue weighted by atomic mass is 9.98. The van der Waals surface area contributed by atoms with E-state index in [4.69, 9.17) is 4.74 Å². The van der Waals surface area contributed by atoms with Crippen LogP contribution in [0.3, 0.4) is 0 Å². The third-order valence-corrected chi connectivity index (χ3v) is 3.71. The molecule has 0 radical (unpaired) electrons. The predicted molar refractivity (Wildman–Crippen MR) is 87.2 cm³/mol. The van der Waals surface area contributed by atoms with Gasteiger partial charge in [-0.05, 0) is 43.0 Å². The van der Waals surface area contributed by atoms with Crippen LogP contribution >= 0.6 is 0 Å².